The van der Waals surface area contributed by atoms with Crippen LogP contribution in [-0.2, 0) is 0 Å². The fourth-order valence-electron chi connectivity index (χ4n) is 7.55. The molecular formula is C74H164S52. The van der Waals surface area contributed by atoms with Gasteiger partial charge in [-0.2, -0.15) is 638 Å². The highest BCUT2D eigenvalue weighted by Gasteiger charge is 2.19. The first-order valence-corrected chi connectivity index (χ1v) is 83.7. The van der Waals surface area contributed by atoms with E-state index in [1.54, 1.807) is 0 Å². The maximum Gasteiger partial charge on any atom is 0.0229 e. The van der Waals surface area contributed by atoms with Crippen LogP contribution in [0.5, 0.6) is 0 Å². The lowest BCUT2D eigenvalue weighted by atomic mass is 10.5. The molecule has 0 spiro atoms. The molecule has 772 valence electrons. The second kappa shape index (κ2) is 143. The van der Waals surface area contributed by atoms with Gasteiger partial charge in [0.2, 0.25) is 0 Å². The molecule has 0 aliphatic heterocycles. The molecular weight excluding hydrogens is 2560 g/mol. The lowest BCUT2D eigenvalue weighted by molar-refractivity contribution is 1.09. The number of hydrogen-bond acceptors (Lipinski definition) is 52. The van der Waals surface area contributed by atoms with Gasteiger partial charge in [0.15, 0.2) is 0 Å². The van der Waals surface area contributed by atoms with Gasteiger partial charge in [-0.1, -0.05) is 0 Å². The van der Waals surface area contributed by atoms with Crippen LogP contribution in [0.4, 0.5) is 0 Å². The summed E-state index contributed by atoms with van der Waals surface area (Å²) in [6.07, 6.45) is 0. The first kappa shape index (κ1) is 159. The lowest BCUT2D eigenvalue weighted by Gasteiger charge is -2.20. The van der Waals surface area contributed by atoms with Crippen LogP contribution in [0, 0.1) is 0 Å². The van der Waals surface area contributed by atoms with Crippen molar-refractivity contribution in [1.29, 1.82) is 0 Å². The van der Waals surface area contributed by atoms with Crippen LogP contribution in [-0.4, -0.2) is 419 Å². The molecule has 52 heteroatoms. The van der Waals surface area contributed by atoms with E-state index in [0.29, 0.717) is 73.5 Å². The molecule has 0 rings (SSSR count). The van der Waals surface area contributed by atoms with Gasteiger partial charge in [0.1, 0.15) is 0 Å². The highest BCUT2D eigenvalue weighted by Crippen LogP contribution is 2.31. The van der Waals surface area contributed by atoms with Crippen molar-refractivity contribution in [2.75, 3.05) is 345 Å². The second-order valence-corrected chi connectivity index (χ2v) is 66.0. The summed E-state index contributed by atoms with van der Waals surface area (Å²) >= 11 is 173. The second-order valence-electron chi connectivity index (χ2n) is 24.7. The molecule has 0 radical (unpaired) electrons. The van der Waals surface area contributed by atoms with Gasteiger partial charge in [0.25, 0.3) is 0 Å². The minimum Gasteiger partial charge on any atom is -0.179 e. The molecule has 0 fully saturated rings. The van der Waals surface area contributed by atoms with Gasteiger partial charge in [-0.3, -0.25) is 0 Å². The van der Waals surface area contributed by atoms with E-state index in [0.717, 1.165) is 293 Å². The van der Waals surface area contributed by atoms with Gasteiger partial charge in [0, 0.05) is 327 Å². The number of thiol groups is 30. The van der Waals surface area contributed by atoms with E-state index < -0.39 is 0 Å². The van der Waals surface area contributed by atoms with Crippen molar-refractivity contribution >= 4 is 638 Å². The van der Waals surface area contributed by atoms with Crippen molar-refractivity contribution in [3.05, 3.63) is 0 Å². The molecule has 0 amide bonds. The SMILES string of the molecule is SCCSC(CS)CSCC(CS)SCCS.SCCSCC(CS)SC(CS)CSCCS.SCCSCC(CS)SCC(CS)SCCS.SCCSCC(CS)SCCS.SCCSCC(S)CSC(CS)CSCCS.SCCSCC(S)CSCC(CS)SCCS.SCCSCC(S)CSCC(S)CSCCS.SCCSCC(S)CSCCS. The van der Waals surface area contributed by atoms with Gasteiger partial charge in [-0.15, -0.1) is 0 Å². The van der Waals surface area contributed by atoms with Crippen LogP contribution >= 0.6 is 638 Å². The Hall–Kier alpha value is 18.2. The molecule has 0 heterocycles. The van der Waals surface area contributed by atoms with Gasteiger partial charge in [-0.05, 0) is 92.0 Å². The standard InChI is InChI=1S/6C10H22S7.2C7H16S5/c11-1-3-15-6-9(14)7-16-8-10(5-13)17-4-2-12;11-1-3-15-6-9(14)7-17-10(5-13)8-16-4-2-12;11-1-3-15-5-9(13)7-17-8-10(14)6-16-4-2-12;11-1-3-16-9(5-13)7-15-8-10(6-14)17-4-2-12;11-1-3-15-7-9(5-13)17-8-10(6-14)16-4-2-12;11-1-3-15-7-9(5-13)17-10(6-14)8-16-4-2-12;8-1-3-11-5-7(10)6-12-4-2-9;8-1-3-11-6-7(5-10)12-4-2-9/h6*9-14H,1-8H2;2*7-10H,1-6H2. The summed E-state index contributed by atoms with van der Waals surface area (Å²) in [5, 5.41) is 8.38. The molecule has 13 unspecified atom stereocenters. The van der Waals surface area contributed by atoms with E-state index in [9.17, 15) is 0 Å². The third-order valence-electron chi connectivity index (χ3n) is 13.3. The van der Waals surface area contributed by atoms with E-state index in [-0.39, 0.29) is 0 Å². The fraction of sp³-hybridized carbons (Fsp3) is 1.00. The first-order chi connectivity index (χ1) is 61.2. The predicted octanol–water partition coefficient (Wildman–Crippen LogP) is 27.1. The molecule has 13 atom stereocenters. The lowest BCUT2D eigenvalue weighted by Crippen LogP contribution is -2.19. The average molecular weight is 2720 g/mol. The summed E-state index contributed by atoms with van der Waals surface area (Å²) in [7, 11) is 0. The summed E-state index contributed by atoms with van der Waals surface area (Å²) in [6, 6.07) is 0. The third-order valence-corrected chi connectivity index (χ3v) is 60.8. The first-order valence-electron chi connectivity index (χ1n) is 40.9. The Morgan fingerprint density at radius 3 is 0.437 bits per heavy atom. The molecule has 0 saturated carbocycles. The molecule has 0 bridgehead atoms. The van der Waals surface area contributed by atoms with Crippen molar-refractivity contribution in [2.45, 2.75) is 73.5 Å². The Bertz CT molecular complexity index is 1790. The van der Waals surface area contributed by atoms with Crippen LogP contribution in [0.15, 0.2) is 0 Å². The normalized spacial score (nSPS) is 14.3. The number of hydrogen-bond donors (Lipinski definition) is 30. The Labute approximate surface area is 1040 Å². The summed E-state index contributed by atoms with van der Waals surface area (Å²) in [5.41, 5.74) is 0. The van der Waals surface area contributed by atoms with E-state index in [2.05, 4.69) is 379 Å². The minimum atomic E-state index is 0.488. The van der Waals surface area contributed by atoms with Crippen molar-refractivity contribution < 1.29 is 0 Å². The summed E-state index contributed by atoms with van der Waals surface area (Å²) < 4.78 is 0. The molecule has 0 aromatic carbocycles. The van der Waals surface area contributed by atoms with Crippen molar-refractivity contribution in [3.63, 3.8) is 0 Å². The monoisotopic (exact) mass is 2720 g/mol. The zero-order valence-corrected chi connectivity index (χ0v) is 118. The van der Waals surface area contributed by atoms with Crippen LogP contribution < -0.4 is 0 Å². The molecule has 126 heavy (non-hydrogen) atoms. The van der Waals surface area contributed by atoms with Gasteiger partial charge in [-0.25, -0.2) is 0 Å². The molecule has 0 saturated heterocycles. The zero-order valence-electron chi connectivity index (χ0n) is 72.9. The summed E-state index contributed by atoms with van der Waals surface area (Å²) in [4.78, 5) is 0. The molecule has 0 N–H and O–H groups in total. The van der Waals surface area contributed by atoms with E-state index in [1.807, 2.05) is 259 Å². The van der Waals surface area contributed by atoms with E-state index in [4.69, 9.17) is 0 Å². The smallest absolute Gasteiger partial charge is 0.0229 e. The molecule has 0 nitrogen and oxygen atoms in total. The zero-order chi connectivity index (χ0) is 96.1. The molecule has 0 aromatic rings. The molecule has 0 aliphatic carbocycles. The van der Waals surface area contributed by atoms with Gasteiger partial charge >= 0.3 is 0 Å². The van der Waals surface area contributed by atoms with Crippen LogP contribution in [0.2, 0.25) is 0 Å². The summed E-state index contributed by atoms with van der Waals surface area (Å²) in [6.45, 7) is 0. The quantitative estimate of drug-likeness (QED) is 0.0206. The Kier molecular flexibility index (Phi) is 181. The van der Waals surface area contributed by atoms with Crippen molar-refractivity contribution in [3.8, 4) is 0 Å². The number of thioether (sulfide) groups is 22. The van der Waals surface area contributed by atoms with Crippen molar-refractivity contribution in [2.24, 2.45) is 0 Å². The van der Waals surface area contributed by atoms with Gasteiger partial charge in [0.05, 0.1) is 0 Å². The van der Waals surface area contributed by atoms with Gasteiger partial charge < -0.3 is 0 Å². The van der Waals surface area contributed by atoms with Crippen molar-refractivity contribution in [1.82, 2.24) is 0 Å². The van der Waals surface area contributed by atoms with Crippen LogP contribution in [0.25, 0.3) is 0 Å². The Morgan fingerprint density at radius 1 is 0.119 bits per heavy atom. The summed E-state index contributed by atoms with van der Waals surface area (Å²) in [5.74, 6) is 64.0. The highest BCUT2D eigenvalue weighted by atomic mass is 32.2. The average Bonchev–Trinajstić information content (AvgIpc) is 0.953. The van der Waals surface area contributed by atoms with Crippen LogP contribution in [0.1, 0.15) is 0 Å². The third kappa shape index (κ3) is 138. The van der Waals surface area contributed by atoms with E-state index >= 15 is 0 Å². The van der Waals surface area contributed by atoms with E-state index in [1.165, 1.54) is 51.8 Å². The Morgan fingerprint density at radius 2 is 0.246 bits per heavy atom. The topological polar surface area (TPSA) is 0 Å². The maximum atomic E-state index is 4.62. The maximum absolute atomic E-state index is 4.62. The molecule has 0 aliphatic rings. The fourth-order valence-corrected chi connectivity index (χ4v) is 43.7. The largest absolute Gasteiger partial charge is 0.179 e. The minimum absolute atomic E-state index is 0.488. The Balaban J connectivity index is -0.000000211. The van der Waals surface area contributed by atoms with Crippen LogP contribution in [0.3, 0.4) is 0 Å². The number of rotatable bonds is 88. The highest BCUT2D eigenvalue weighted by molar-refractivity contribution is 8.10. The predicted molar refractivity (Wildman–Crippen MR) is 782 cm³/mol. The molecule has 0 aromatic heterocycles.